The highest BCUT2D eigenvalue weighted by Gasteiger charge is 2.19. The molecule has 0 aliphatic heterocycles. The molecule has 1 atom stereocenters. The van der Waals surface area contributed by atoms with Crippen LogP contribution in [0.3, 0.4) is 0 Å². The lowest BCUT2D eigenvalue weighted by Gasteiger charge is -2.20. The number of nitrogens with zero attached hydrogens (tertiary/aromatic N) is 2. The molecule has 0 fully saturated rings. The van der Waals surface area contributed by atoms with Crippen molar-refractivity contribution in [3.05, 3.63) is 114 Å². The zero-order valence-corrected chi connectivity index (χ0v) is 16.7. The van der Waals surface area contributed by atoms with E-state index in [1.165, 1.54) is 0 Å². The summed E-state index contributed by atoms with van der Waals surface area (Å²) in [6, 6.07) is 28.5. The molecule has 0 radical (unpaired) electrons. The van der Waals surface area contributed by atoms with Crippen LogP contribution >= 0.6 is 0 Å². The maximum atomic E-state index is 14.4. The van der Waals surface area contributed by atoms with Gasteiger partial charge in [-0.05, 0) is 23.3 Å². The Morgan fingerprint density at radius 2 is 1.35 bits per heavy atom. The Balaban J connectivity index is 1.50. The molecule has 156 valence electrons. The maximum Gasteiger partial charge on any atom is 0.320 e. The second kappa shape index (κ2) is 10.2. The van der Waals surface area contributed by atoms with E-state index in [1.807, 2.05) is 91.0 Å². The van der Waals surface area contributed by atoms with Crippen molar-refractivity contribution < 1.29 is 18.6 Å². The fraction of sp³-hybridized carbons (Fsp3) is 0.120. The van der Waals surface area contributed by atoms with Gasteiger partial charge in [0.1, 0.15) is 12.4 Å². The number of benzene rings is 3. The van der Waals surface area contributed by atoms with E-state index >= 15 is 0 Å². The highest BCUT2D eigenvalue weighted by Crippen LogP contribution is 2.21. The lowest BCUT2D eigenvalue weighted by molar-refractivity contribution is -0.000641. The van der Waals surface area contributed by atoms with Gasteiger partial charge in [0.2, 0.25) is 12.1 Å². The molecule has 0 saturated carbocycles. The molecular formula is C25H21FN2O3. The number of aromatic nitrogens is 2. The molecule has 5 nitrogen and oxygen atoms in total. The molecule has 1 heterocycles. The van der Waals surface area contributed by atoms with Gasteiger partial charge in [-0.15, -0.1) is 0 Å². The van der Waals surface area contributed by atoms with Crippen LogP contribution in [-0.2, 0) is 13.0 Å². The summed E-state index contributed by atoms with van der Waals surface area (Å²) < 4.78 is 31.8. The van der Waals surface area contributed by atoms with Crippen molar-refractivity contribution in [2.45, 2.75) is 19.3 Å². The molecule has 4 aromatic rings. The summed E-state index contributed by atoms with van der Waals surface area (Å²) >= 11 is 0. The largest absolute Gasteiger partial charge is 0.459 e. The van der Waals surface area contributed by atoms with Crippen LogP contribution in [0.5, 0.6) is 17.6 Å². The standard InChI is InChI=1S/C25H21FN2O3/c26-22-17-27-25(29-18-20-12-6-2-7-13-20)28-24(22)31-23(16-19-10-4-1-5-11-19)30-21-14-8-3-9-15-21/h1-15,17,23H,16,18H2. The fourth-order valence-corrected chi connectivity index (χ4v) is 2.90. The van der Waals surface area contributed by atoms with E-state index in [0.29, 0.717) is 12.2 Å². The monoisotopic (exact) mass is 416 g/mol. The van der Waals surface area contributed by atoms with Gasteiger partial charge in [0.05, 0.1) is 6.20 Å². The van der Waals surface area contributed by atoms with Crippen LogP contribution in [0.2, 0.25) is 0 Å². The van der Waals surface area contributed by atoms with Crippen LogP contribution in [0.4, 0.5) is 4.39 Å². The van der Waals surface area contributed by atoms with Gasteiger partial charge in [-0.25, -0.2) is 4.98 Å². The number of hydrogen-bond acceptors (Lipinski definition) is 5. The van der Waals surface area contributed by atoms with Crippen molar-refractivity contribution in [3.63, 3.8) is 0 Å². The Morgan fingerprint density at radius 3 is 2.03 bits per heavy atom. The number of para-hydroxylation sites is 1. The molecule has 1 unspecified atom stereocenters. The average molecular weight is 416 g/mol. The van der Waals surface area contributed by atoms with Crippen molar-refractivity contribution in [3.8, 4) is 17.6 Å². The van der Waals surface area contributed by atoms with E-state index < -0.39 is 12.1 Å². The normalized spacial score (nSPS) is 11.5. The first-order valence-corrected chi connectivity index (χ1v) is 9.88. The second-order valence-corrected chi connectivity index (χ2v) is 6.75. The molecule has 3 aromatic carbocycles. The maximum absolute atomic E-state index is 14.4. The van der Waals surface area contributed by atoms with E-state index in [4.69, 9.17) is 14.2 Å². The topological polar surface area (TPSA) is 53.5 Å². The smallest absolute Gasteiger partial charge is 0.320 e. The van der Waals surface area contributed by atoms with Crippen LogP contribution in [0, 0.1) is 5.82 Å². The molecule has 0 bridgehead atoms. The average Bonchev–Trinajstić information content (AvgIpc) is 2.81. The second-order valence-electron chi connectivity index (χ2n) is 6.75. The third kappa shape index (κ3) is 6.02. The molecule has 1 aromatic heterocycles. The van der Waals surface area contributed by atoms with Crippen LogP contribution in [0.25, 0.3) is 0 Å². The number of ether oxygens (including phenoxy) is 3. The van der Waals surface area contributed by atoms with Gasteiger partial charge in [-0.3, -0.25) is 0 Å². The first-order valence-electron chi connectivity index (χ1n) is 9.88. The third-order valence-electron chi connectivity index (χ3n) is 4.40. The Kier molecular flexibility index (Phi) is 6.70. The van der Waals surface area contributed by atoms with Gasteiger partial charge in [-0.2, -0.15) is 9.37 Å². The van der Waals surface area contributed by atoms with Crippen LogP contribution in [0.1, 0.15) is 11.1 Å². The first-order chi connectivity index (χ1) is 15.3. The molecule has 0 spiro atoms. The van der Waals surface area contributed by atoms with E-state index in [9.17, 15) is 4.39 Å². The summed E-state index contributed by atoms with van der Waals surface area (Å²) in [6.07, 6.45) is 0.639. The summed E-state index contributed by atoms with van der Waals surface area (Å²) in [6.45, 7) is 0.264. The van der Waals surface area contributed by atoms with Crippen LogP contribution < -0.4 is 14.2 Å². The highest BCUT2D eigenvalue weighted by atomic mass is 19.1. The predicted octanol–water partition coefficient (Wildman–Crippen LogP) is 5.22. The summed E-state index contributed by atoms with van der Waals surface area (Å²) in [7, 11) is 0. The van der Waals surface area contributed by atoms with Crippen molar-refractivity contribution in [2.75, 3.05) is 0 Å². The van der Waals surface area contributed by atoms with Gasteiger partial charge in [0.15, 0.2) is 0 Å². The van der Waals surface area contributed by atoms with Gasteiger partial charge >= 0.3 is 6.01 Å². The Hall–Kier alpha value is -3.93. The van der Waals surface area contributed by atoms with Crippen molar-refractivity contribution >= 4 is 0 Å². The molecule has 0 amide bonds. The lowest BCUT2D eigenvalue weighted by Crippen LogP contribution is -2.27. The van der Waals surface area contributed by atoms with Gasteiger partial charge in [0.25, 0.3) is 5.88 Å². The number of hydrogen-bond donors (Lipinski definition) is 0. The zero-order chi connectivity index (χ0) is 21.3. The molecular weight excluding hydrogens is 395 g/mol. The van der Waals surface area contributed by atoms with E-state index in [1.54, 1.807) is 0 Å². The van der Waals surface area contributed by atoms with Gasteiger partial charge in [-0.1, -0.05) is 78.9 Å². The van der Waals surface area contributed by atoms with Crippen molar-refractivity contribution in [1.29, 1.82) is 0 Å². The molecule has 0 saturated heterocycles. The minimum atomic E-state index is -0.795. The number of rotatable bonds is 9. The van der Waals surface area contributed by atoms with E-state index in [-0.39, 0.29) is 18.5 Å². The fourth-order valence-electron chi connectivity index (χ4n) is 2.90. The SMILES string of the molecule is Fc1cnc(OCc2ccccc2)nc1OC(Cc1ccccc1)Oc1ccccc1. The molecule has 0 aliphatic rings. The summed E-state index contributed by atoms with van der Waals surface area (Å²) in [5.41, 5.74) is 1.94. The summed E-state index contributed by atoms with van der Waals surface area (Å²) in [5, 5.41) is 0. The van der Waals surface area contributed by atoms with Crippen LogP contribution in [-0.4, -0.2) is 16.3 Å². The molecule has 4 rings (SSSR count). The van der Waals surface area contributed by atoms with Gasteiger partial charge in [0, 0.05) is 6.42 Å². The molecule has 0 N–H and O–H groups in total. The molecule has 0 aliphatic carbocycles. The van der Waals surface area contributed by atoms with Crippen LogP contribution in [0.15, 0.2) is 97.2 Å². The Labute approximate surface area is 180 Å². The lowest BCUT2D eigenvalue weighted by atomic mass is 10.1. The summed E-state index contributed by atoms with van der Waals surface area (Å²) in [5.74, 6) is -0.310. The van der Waals surface area contributed by atoms with Crippen molar-refractivity contribution in [2.24, 2.45) is 0 Å². The quantitative estimate of drug-likeness (QED) is 0.350. The first kappa shape index (κ1) is 20.3. The zero-order valence-electron chi connectivity index (χ0n) is 16.7. The molecule has 6 heteroatoms. The minimum absolute atomic E-state index is 0.0263. The van der Waals surface area contributed by atoms with E-state index in [2.05, 4.69) is 9.97 Å². The predicted molar refractivity (Wildman–Crippen MR) is 114 cm³/mol. The Morgan fingerprint density at radius 1 is 0.742 bits per heavy atom. The minimum Gasteiger partial charge on any atom is -0.459 e. The molecule has 31 heavy (non-hydrogen) atoms. The number of halogens is 1. The van der Waals surface area contributed by atoms with Crippen molar-refractivity contribution in [1.82, 2.24) is 9.97 Å². The Bertz CT molecular complexity index is 1040. The highest BCUT2D eigenvalue weighted by molar-refractivity contribution is 5.23. The third-order valence-corrected chi connectivity index (χ3v) is 4.40. The summed E-state index contributed by atoms with van der Waals surface area (Å²) in [4.78, 5) is 8.00. The van der Waals surface area contributed by atoms with E-state index in [0.717, 1.165) is 17.3 Å². The van der Waals surface area contributed by atoms with Gasteiger partial charge < -0.3 is 14.2 Å².